The second-order valence-corrected chi connectivity index (χ2v) is 6.85. The first-order chi connectivity index (χ1) is 13.6. The van der Waals surface area contributed by atoms with Crippen LogP contribution in [0.2, 0.25) is 0 Å². The minimum absolute atomic E-state index is 0.156. The second kappa shape index (κ2) is 7.60. The molecule has 0 aliphatic carbocycles. The number of fused-ring (bicyclic) bond motifs is 2. The molecule has 0 saturated carbocycles. The molecule has 4 rings (SSSR count). The first-order valence-electron chi connectivity index (χ1n) is 9.20. The lowest BCUT2D eigenvalue weighted by Gasteiger charge is -2.08. The van der Waals surface area contributed by atoms with E-state index >= 15 is 0 Å². The molecule has 1 aliphatic heterocycles. The molecule has 1 unspecified atom stereocenters. The van der Waals surface area contributed by atoms with Gasteiger partial charge >= 0.3 is 0 Å². The third kappa shape index (κ3) is 3.49. The fraction of sp³-hybridized carbons (Fsp3) is 0.182. The Labute approximate surface area is 162 Å². The lowest BCUT2D eigenvalue weighted by molar-refractivity contribution is -0.123. The fourth-order valence-electron chi connectivity index (χ4n) is 3.52. The van der Waals surface area contributed by atoms with Crippen molar-refractivity contribution in [1.29, 1.82) is 0 Å². The zero-order valence-electron chi connectivity index (χ0n) is 15.5. The van der Waals surface area contributed by atoms with E-state index in [4.69, 9.17) is 0 Å². The van der Waals surface area contributed by atoms with E-state index in [-0.39, 0.29) is 24.2 Å². The Kier molecular flexibility index (Phi) is 4.85. The van der Waals surface area contributed by atoms with Gasteiger partial charge in [-0.25, -0.2) is 10.9 Å². The van der Waals surface area contributed by atoms with E-state index in [2.05, 4.69) is 39.3 Å². The topological polar surface area (TPSA) is 82.9 Å². The Morgan fingerprint density at radius 1 is 1.14 bits per heavy atom. The number of carbonyl (C=O) groups excluding carboxylic acids is 2. The summed E-state index contributed by atoms with van der Waals surface area (Å²) in [6, 6.07) is 18.4. The van der Waals surface area contributed by atoms with Crippen LogP contribution in [0.25, 0.3) is 21.5 Å². The van der Waals surface area contributed by atoms with Crippen LogP contribution >= 0.6 is 0 Å². The highest BCUT2D eigenvalue weighted by Crippen LogP contribution is 2.27. The van der Waals surface area contributed by atoms with Crippen molar-refractivity contribution in [3.63, 3.8) is 0 Å². The summed E-state index contributed by atoms with van der Waals surface area (Å²) in [5.74, 6) is -0.721. The summed E-state index contributed by atoms with van der Waals surface area (Å²) in [7, 11) is 0. The third-order valence-electron chi connectivity index (χ3n) is 5.02. The van der Waals surface area contributed by atoms with Gasteiger partial charge < -0.3 is 0 Å². The minimum atomic E-state index is -0.336. The zero-order valence-corrected chi connectivity index (χ0v) is 15.5. The maximum atomic E-state index is 12.1. The predicted molar refractivity (Wildman–Crippen MR) is 111 cm³/mol. The standard InChI is InChI=1S/C22H20N4O2/c1-14-17(22(28)26-24-14)10-11-21(27)25-23-13-20-18-8-4-2-6-15(18)12-16-7-3-5-9-19(16)20/h2-9,12-13,17H,10-11H2,1H3,(H,25,27)(H,26,28)/b23-13+. The fourth-order valence-corrected chi connectivity index (χ4v) is 3.52. The number of carbonyl (C=O) groups is 2. The second-order valence-electron chi connectivity index (χ2n) is 6.85. The number of amides is 2. The van der Waals surface area contributed by atoms with E-state index in [9.17, 15) is 9.59 Å². The highest BCUT2D eigenvalue weighted by molar-refractivity contribution is 6.13. The molecular weight excluding hydrogens is 352 g/mol. The SMILES string of the molecule is CC1=NNC(=O)C1CCC(=O)N/N=C/c1c2ccccc2cc2ccccc12. The maximum Gasteiger partial charge on any atom is 0.248 e. The summed E-state index contributed by atoms with van der Waals surface area (Å²) in [5.41, 5.74) is 6.68. The molecule has 1 atom stereocenters. The van der Waals surface area contributed by atoms with Crippen LogP contribution in [0, 0.1) is 5.92 Å². The van der Waals surface area contributed by atoms with Gasteiger partial charge in [-0.1, -0.05) is 48.5 Å². The summed E-state index contributed by atoms with van der Waals surface area (Å²) in [5, 5.41) is 12.5. The molecule has 0 saturated heterocycles. The van der Waals surface area contributed by atoms with Crippen molar-refractivity contribution in [2.24, 2.45) is 16.1 Å². The molecule has 3 aromatic rings. The quantitative estimate of drug-likeness (QED) is 0.409. The normalized spacial score (nSPS) is 16.5. The van der Waals surface area contributed by atoms with Crippen molar-refractivity contribution < 1.29 is 9.59 Å². The first-order valence-corrected chi connectivity index (χ1v) is 9.20. The van der Waals surface area contributed by atoms with E-state index in [1.807, 2.05) is 36.4 Å². The summed E-state index contributed by atoms with van der Waals surface area (Å²) in [4.78, 5) is 23.8. The third-order valence-corrected chi connectivity index (χ3v) is 5.02. The zero-order chi connectivity index (χ0) is 19.5. The lowest BCUT2D eigenvalue weighted by Crippen LogP contribution is -2.25. The summed E-state index contributed by atoms with van der Waals surface area (Å²) in [6.45, 7) is 1.78. The Morgan fingerprint density at radius 2 is 1.79 bits per heavy atom. The molecular formula is C22H20N4O2. The average molecular weight is 372 g/mol. The molecule has 2 N–H and O–H groups in total. The molecule has 0 radical (unpaired) electrons. The molecule has 1 aliphatic rings. The van der Waals surface area contributed by atoms with Gasteiger partial charge in [-0.15, -0.1) is 0 Å². The Morgan fingerprint density at radius 3 is 2.39 bits per heavy atom. The van der Waals surface area contributed by atoms with Gasteiger partial charge in [-0.3, -0.25) is 9.59 Å². The van der Waals surface area contributed by atoms with E-state index in [1.54, 1.807) is 13.1 Å². The van der Waals surface area contributed by atoms with E-state index in [0.29, 0.717) is 12.1 Å². The van der Waals surface area contributed by atoms with Crippen molar-refractivity contribution in [2.75, 3.05) is 0 Å². The predicted octanol–water partition coefficient (Wildman–Crippen LogP) is 3.35. The number of hydrazone groups is 2. The van der Waals surface area contributed by atoms with Crippen LogP contribution in [-0.4, -0.2) is 23.7 Å². The van der Waals surface area contributed by atoms with E-state index < -0.39 is 0 Å². The Bertz CT molecular complexity index is 1080. The van der Waals surface area contributed by atoms with Crippen LogP contribution < -0.4 is 10.9 Å². The van der Waals surface area contributed by atoms with Crippen LogP contribution in [0.15, 0.2) is 64.8 Å². The van der Waals surface area contributed by atoms with Gasteiger partial charge in [-0.2, -0.15) is 10.2 Å². The van der Waals surface area contributed by atoms with Gasteiger partial charge in [0.2, 0.25) is 11.8 Å². The van der Waals surface area contributed by atoms with Crippen LogP contribution in [-0.2, 0) is 9.59 Å². The Hall–Kier alpha value is -3.54. The van der Waals surface area contributed by atoms with Gasteiger partial charge in [-0.05, 0) is 41.0 Å². The van der Waals surface area contributed by atoms with Gasteiger partial charge in [0.15, 0.2) is 0 Å². The van der Waals surface area contributed by atoms with E-state index in [1.165, 1.54) is 0 Å². The Balaban J connectivity index is 1.51. The molecule has 140 valence electrons. The largest absolute Gasteiger partial charge is 0.273 e. The van der Waals surface area contributed by atoms with Crippen LogP contribution in [0.3, 0.4) is 0 Å². The van der Waals surface area contributed by atoms with Crippen LogP contribution in [0.1, 0.15) is 25.3 Å². The minimum Gasteiger partial charge on any atom is -0.273 e. The molecule has 0 aromatic heterocycles. The van der Waals surface area contributed by atoms with Crippen molar-refractivity contribution in [3.8, 4) is 0 Å². The number of rotatable bonds is 5. The van der Waals surface area contributed by atoms with Gasteiger partial charge in [0.05, 0.1) is 12.1 Å². The van der Waals surface area contributed by atoms with Gasteiger partial charge in [0, 0.05) is 17.7 Å². The van der Waals surface area contributed by atoms with Crippen molar-refractivity contribution >= 4 is 45.3 Å². The molecule has 6 nitrogen and oxygen atoms in total. The molecule has 28 heavy (non-hydrogen) atoms. The number of nitrogens with zero attached hydrogens (tertiary/aromatic N) is 2. The van der Waals surface area contributed by atoms with E-state index in [0.717, 1.165) is 27.1 Å². The highest BCUT2D eigenvalue weighted by atomic mass is 16.2. The highest BCUT2D eigenvalue weighted by Gasteiger charge is 2.26. The smallest absolute Gasteiger partial charge is 0.248 e. The van der Waals surface area contributed by atoms with Gasteiger partial charge in [0.25, 0.3) is 0 Å². The van der Waals surface area contributed by atoms with Crippen molar-refractivity contribution in [2.45, 2.75) is 19.8 Å². The molecule has 1 heterocycles. The monoisotopic (exact) mass is 372 g/mol. The van der Waals surface area contributed by atoms with Gasteiger partial charge in [0.1, 0.15) is 0 Å². The molecule has 0 bridgehead atoms. The first kappa shape index (κ1) is 17.9. The lowest BCUT2D eigenvalue weighted by atomic mass is 9.97. The number of hydrogen-bond acceptors (Lipinski definition) is 4. The summed E-state index contributed by atoms with van der Waals surface area (Å²) < 4.78 is 0. The molecule has 2 amide bonds. The number of benzene rings is 3. The summed E-state index contributed by atoms with van der Waals surface area (Å²) in [6.07, 6.45) is 2.32. The van der Waals surface area contributed by atoms with Crippen molar-refractivity contribution in [1.82, 2.24) is 10.9 Å². The number of nitrogens with one attached hydrogen (secondary N) is 2. The average Bonchev–Trinajstić information content (AvgIpc) is 3.03. The molecule has 6 heteroatoms. The summed E-state index contributed by atoms with van der Waals surface area (Å²) >= 11 is 0. The van der Waals surface area contributed by atoms with Crippen LogP contribution in [0.5, 0.6) is 0 Å². The van der Waals surface area contributed by atoms with Crippen LogP contribution in [0.4, 0.5) is 0 Å². The molecule has 0 spiro atoms. The van der Waals surface area contributed by atoms with Crippen molar-refractivity contribution in [3.05, 3.63) is 60.2 Å². The molecule has 3 aromatic carbocycles. The molecule has 0 fully saturated rings. The number of hydrogen-bond donors (Lipinski definition) is 2. The maximum absolute atomic E-state index is 12.1.